The molecule has 1 atom stereocenters. The van der Waals surface area contributed by atoms with Gasteiger partial charge < -0.3 is 10.1 Å². The van der Waals surface area contributed by atoms with Crippen LogP contribution in [0.3, 0.4) is 0 Å². The van der Waals surface area contributed by atoms with Crippen LogP contribution < -0.4 is 5.32 Å². The maximum absolute atomic E-state index is 12.2. The number of anilines is 1. The molecule has 0 aromatic heterocycles. The quantitative estimate of drug-likeness (QED) is 0.863. The Kier molecular flexibility index (Phi) is 4.54. The number of nitrogens with one attached hydrogen (secondary N) is 1. The van der Waals surface area contributed by atoms with Gasteiger partial charge in [0.2, 0.25) is 0 Å². The van der Waals surface area contributed by atoms with Gasteiger partial charge in [0, 0.05) is 18.4 Å². The first-order valence-corrected chi connectivity index (χ1v) is 6.20. The van der Waals surface area contributed by atoms with Crippen molar-refractivity contribution < 1.29 is 9.53 Å². The molecule has 3 heteroatoms. The molecule has 0 radical (unpaired) electrons. The topological polar surface area (TPSA) is 38.3 Å². The fourth-order valence-corrected chi connectivity index (χ4v) is 1.88. The first-order chi connectivity index (χ1) is 9.74. The lowest BCUT2D eigenvalue weighted by atomic mass is 10.1. The molecule has 1 amide bonds. The Morgan fingerprint density at radius 1 is 1.15 bits per heavy atom. The Morgan fingerprint density at radius 2 is 1.80 bits per heavy atom. The van der Waals surface area contributed by atoms with E-state index in [9.17, 15) is 4.79 Å². The van der Waals surface area contributed by atoms with Crippen LogP contribution in [-0.2, 0) is 9.53 Å². The monoisotopic (exact) mass is 265 g/mol. The minimum atomic E-state index is -0.636. The van der Waals surface area contributed by atoms with Crippen LogP contribution in [0, 0.1) is 12.3 Å². The third-order valence-corrected chi connectivity index (χ3v) is 2.90. The largest absolute Gasteiger partial charge is 0.367 e. The summed E-state index contributed by atoms with van der Waals surface area (Å²) in [5.74, 6) is 2.31. The molecule has 0 saturated carbocycles. The predicted octanol–water partition coefficient (Wildman–Crippen LogP) is 2.99. The highest BCUT2D eigenvalue weighted by atomic mass is 16.5. The molecule has 0 spiro atoms. The SMILES string of the molecule is C#Cc1ccc(NC(=O)[C@H](OC)c2ccccc2)cc1. The molecule has 0 aliphatic rings. The van der Waals surface area contributed by atoms with E-state index in [1.165, 1.54) is 7.11 Å². The van der Waals surface area contributed by atoms with Crippen LogP contribution in [0.2, 0.25) is 0 Å². The van der Waals surface area contributed by atoms with Crippen LogP contribution in [-0.4, -0.2) is 13.0 Å². The number of hydrogen-bond acceptors (Lipinski definition) is 2. The maximum Gasteiger partial charge on any atom is 0.258 e. The van der Waals surface area contributed by atoms with E-state index < -0.39 is 6.10 Å². The molecule has 0 saturated heterocycles. The number of benzene rings is 2. The Morgan fingerprint density at radius 3 is 2.35 bits per heavy atom. The number of carbonyl (C=O) groups excluding carboxylic acids is 1. The van der Waals surface area contributed by atoms with Crippen molar-refractivity contribution in [2.45, 2.75) is 6.10 Å². The van der Waals surface area contributed by atoms with E-state index in [0.29, 0.717) is 5.69 Å². The summed E-state index contributed by atoms with van der Waals surface area (Å²) in [6.45, 7) is 0. The summed E-state index contributed by atoms with van der Waals surface area (Å²) in [5, 5.41) is 2.81. The van der Waals surface area contributed by atoms with E-state index in [2.05, 4.69) is 11.2 Å². The van der Waals surface area contributed by atoms with Gasteiger partial charge in [-0.15, -0.1) is 6.42 Å². The highest BCUT2D eigenvalue weighted by Gasteiger charge is 2.19. The molecule has 2 rings (SSSR count). The highest BCUT2D eigenvalue weighted by Crippen LogP contribution is 2.19. The lowest BCUT2D eigenvalue weighted by Crippen LogP contribution is -2.22. The van der Waals surface area contributed by atoms with Gasteiger partial charge in [-0.1, -0.05) is 36.3 Å². The van der Waals surface area contributed by atoms with Gasteiger partial charge in [-0.25, -0.2) is 0 Å². The van der Waals surface area contributed by atoms with Crippen LogP contribution in [0.1, 0.15) is 17.2 Å². The second-order valence-corrected chi connectivity index (χ2v) is 4.24. The number of amides is 1. The average molecular weight is 265 g/mol. The summed E-state index contributed by atoms with van der Waals surface area (Å²) in [4.78, 5) is 12.2. The Balaban J connectivity index is 2.11. The molecule has 2 aromatic carbocycles. The first-order valence-electron chi connectivity index (χ1n) is 6.20. The Hall–Kier alpha value is -2.57. The van der Waals surface area contributed by atoms with Crippen molar-refractivity contribution in [1.29, 1.82) is 0 Å². The number of carbonyl (C=O) groups is 1. The number of methoxy groups -OCH3 is 1. The lowest BCUT2D eigenvalue weighted by molar-refractivity contribution is -0.126. The molecule has 0 aliphatic carbocycles. The normalized spacial score (nSPS) is 11.4. The van der Waals surface area contributed by atoms with Crippen molar-refractivity contribution in [1.82, 2.24) is 0 Å². The zero-order valence-corrected chi connectivity index (χ0v) is 11.2. The number of terminal acetylenes is 1. The van der Waals surface area contributed by atoms with Crippen LogP contribution in [0.4, 0.5) is 5.69 Å². The third-order valence-electron chi connectivity index (χ3n) is 2.90. The van der Waals surface area contributed by atoms with Gasteiger partial charge >= 0.3 is 0 Å². The summed E-state index contributed by atoms with van der Waals surface area (Å²) < 4.78 is 5.27. The van der Waals surface area contributed by atoms with E-state index in [4.69, 9.17) is 11.2 Å². The smallest absolute Gasteiger partial charge is 0.258 e. The lowest BCUT2D eigenvalue weighted by Gasteiger charge is -2.15. The summed E-state index contributed by atoms with van der Waals surface area (Å²) in [7, 11) is 1.51. The number of rotatable bonds is 4. The second-order valence-electron chi connectivity index (χ2n) is 4.24. The number of ether oxygens (including phenoxy) is 1. The molecular formula is C17H15NO2. The third kappa shape index (κ3) is 3.25. The highest BCUT2D eigenvalue weighted by molar-refractivity contribution is 5.94. The molecule has 0 fully saturated rings. The summed E-state index contributed by atoms with van der Waals surface area (Å²) in [5.41, 5.74) is 2.27. The molecule has 2 aromatic rings. The fourth-order valence-electron chi connectivity index (χ4n) is 1.88. The van der Waals surface area contributed by atoms with Crippen LogP contribution in [0.5, 0.6) is 0 Å². The van der Waals surface area contributed by atoms with Crippen molar-refractivity contribution >= 4 is 11.6 Å². The number of hydrogen-bond donors (Lipinski definition) is 1. The molecule has 1 N–H and O–H groups in total. The van der Waals surface area contributed by atoms with Gasteiger partial charge in [0.1, 0.15) is 0 Å². The minimum Gasteiger partial charge on any atom is -0.367 e. The summed E-state index contributed by atoms with van der Waals surface area (Å²) in [6.07, 6.45) is 4.65. The van der Waals surface area contributed by atoms with Gasteiger partial charge in [0.25, 0.3) is 5.91 Å². The van der Waals surface area contributed by atoms with Gasteiger partial charge in [-0.2, -0.15) is 0 Å². The van der Waals surface area contributed by atoms with Crippen LogP contribution in [0.25, 0.3) is 0 Å². The van der Waals surface area contributed by atoms with E-state index in [-0.39, 0.29) is 5.91 Å². The van der Waals surface area contributed by atoms with Crippen molar-refractivity contribution in [2.24, 2.45) is 0 Å². The van der Waals surface area contributed by atoms with Gasteiger partial charge in [-0.05, 0) is 29.8 Å². The zero-order chi connectivity index (χ0) is 14.4. The van der Waals surface area contributed by atoms with Crippen LogP contribution >= 0.6 is 0 Å². The molecule has 3 nitrogen and oxygen atoms in total. The van der Waals surface area contributed by atoms with Crippen molar-refractivity contribution in [3.05, 3.63) is 65.7 Å². The zero-order valence-electron chi connectivity index (χ0n) is 11.2. The summed E-state index contributed by atoms with van der Waals surface area (Å²) >= 11 is 0. The molecule has 0 heterocycles. The van der Waals surface area contributed by atoms with E-state index in [0.717, 1.165) is 11.1 Å². The van der Waals surface area contributed by atoms with Crippen molar-refractivity contribution in [3.8, 4) is 12.3 Å². The standard InChI is InChI=1S/C17H15NO2/c1-3-13-9-11-15(12-10-13)18-17(19)16(20-2)14-7-5-4-6-8-14/h1,4-12,16H,2H3,(H,18,19)/t16-/m1/s1. The van der Waals surface area contributed by atoms with Crippen molar-refractivity contribution in [3.63, 3.8) is 0 Å². The van der Waals surface area contributed by atoms with Crippen LogP contribution in [0.15, 0.2) is 54.6 Å². The Labute approximate surface area is 118 Å². The minimum absolute atomic E-state index is 0.216. The fraction of sp³-hybridized carbons (Fsp3) is 0.118. The maximum atomic E-state index is 12.2. The van der Waals surface area contributed by atoms with Gasteiger partial charge in [-0.3, -0.25) is 4.79 Å². The first kappa shape index (κ1) is 13.9. The molecule has 0 aliphatic heterocycles. The van der Waals surface area contributed by atoms with Crippen molar-refractivity contribution in [2.75, 3.05) is 12.4 Å². The predicted molar refractivity (Wildman–Crippen MR) is 79.2 cm³/mol. The average Bonchev–Trinajstić information content (AvgIpc) is 2.50. The van der Waals surface area contributed by atoms with E-state index >= 15 is 0 Å². The van der Waals surface area contributed by atoms with E-state index in [1.54, 1.807) is 24.3 Å². The Bertz CT molecular complexity index is 612. The second kappa shape index (κ2) is 6.55. The van der Waals surface area contributed by atoms with E-state index in [1.807, 2.05) is 30.3 Å². The molecule has 100 valence electrons. The van der Waals surface area contributed by atoms with Gasteiger partial charge in [0.15, 0.2) is 6.10 Å². The van der Waals surface area contributed by atoms with Gasteiger partial charge in [0.05, 0.1) is 0 Å². The molecule has 0 bridgehead atoms. The molecular weight excluding hydrogens is 250 g/mol. The molecule has 0 unspecified atom stereocenters. The molecule has 20 heavy (non-hydrogen) atoms. The summed E-state index contributed by atoms with van der Waals surface area (Å²) in [6, 6.07) is 16.4.